The Kier molecular flexibility index (Phi) is 3.52. The van der Waals surface area contributed by atoms with Crippen LogP contribution in [-0.2, 0) is 4.74 Å². The van der Waals surface area contributed by atoms with Gasteiger partial charge in [0.25, 0.3) is 0 Å². The van der Waals surface area contributed by atoms with Gasteiger partial charge >= 0.3 is 0 Å². The van der Waals surface area contributed by atoms with Gasteiger partial charge in [0.2, 0.25) is 0 Å². The molecule has 0 aromatic carbocycles. The highest BCUT2D eigenvalue weighted by Gasteiger charge is 2.07. The Hall–Kier alpha value is -0.300. The lowest BCUT2D eigenvalue weighted by atomic mass is 10.3. The van der Waals surface area contributed by atoms with Crippen molar-refractivity contribution in [1.82, 2.24) is 0 Å². The Balaban J connectivity index is 1.97. The van der Waals surface area contributed by atoms with Crippen molar-refractivity contribution in [3.05, 3.63) is 12.2 Å². The molecule has 0 saturated carbocycles. The maximum absolute atomic E-state index is 5.56. The van der Waals surface area contributed by atoms with Gasteiger partial charge in [-0.1, -0.05) is 25.5 Å². The molecule has 0 aliphatic heterocycles. The summed E-state index contributed by atoms with van der Waals surface area (Å²) < 4.78 is 5.56. The largest absolute Gasteiger partial charge is 0.374 e. The summed E-state index contributed by atoms with van der Waals surface area (Å²) in [6, 6.07) is 0. The third-order valence-electron chi connectivity index (χ3n) is 1.80. The predicted octanol–water partition coefficient (Wildman–Crippen LogP) is 2.52. The van der Waals surface area contributed by atoms with E-state index in [1.807, 2.05) is 0 Å². The van der Waals surface area contributed by atoms with Crippen LogP contribution in [0.4, 0.5) is 0 Å². The van der Waals surface area contributed by atoms with Crippen molar-refractivity contribution < 1.29 is 4.74 Å². The molecule has 1 rings (SSSR count). The van der Waals surface area contributed by atoms with E-state index in [0.29, 0.717) is 6.10 Å². The Morgan fingerprint density at radius 1 is 1.60 bits per heavy atom. The lowest BCUT2D eigenvalue weighted by Gasteiger charge is -2.07. The molecule has 1 heteroatoms. The van der Waals surface area contributed by atoms with E-state index in [9.17, 15) is 0 Å². The molecule has 0 heterocycles. The van der Waals surface area contributed by atoms with Crippen molar-refractivity contribution in [3.63, 3.8) is 0 Å². The van der Waals surface area contributed by atoms with E-state index in [2.05, 4.69) is 19.1 Å². The second kappa shape index (κ2) is 4.51. The predicted molar refractivity (Wildman–Crippen MR) is 43.0 cm³/mol. The number of ether oxygens (including phenoxy) is 1. The molecule has 0 radical (unpaired) electrons. The van der Waals surface area contributed by atoms with E-state index in [1.165, 1.54) is 25.7 Å². The maximum atomic E-state index is 5.56. The molecular formula is C9H16O. The summed E-state index contributed by atoms with van der Waals surface area (Å²) in [5, 5.41) is 0. The van der Waals surface area contributed by atoms with Gasteiger partial charge in [-0.3, -0.25) is 0 Å². The van der Waals surface area contributed by atoms with Crippen LogP contribution in [0, 0.1) is 0 Å². The van der Waals surface area contributed by atoms with Crippen molar-refractivity contribution in [2.45, 2.75) is 38.7 Å². The van der Waals surface area contributed by atoms with Gasteiger partial charge in [-0.2, -0.15) is 0 Å². The first kappa shape index (κ1) is 7.80. The van der Waals surface area contributed by atoms with E-state index in [0.717, 1.165) is 6.61 Å². The molecule has 58 valence electrons. The Labute approximate surface area is 63.1 Å². The van der Waals surface area contributed by atoms with Crippen LogP contribution in [-0.4, -0.2) is 12.7 Å². The van der Waals surface area contributed by atoms with Crippen LogP contribution in [0.25, 0.3) is 0 Å². The molecule has 1 unspecified atom stereocenters. The van der Waals surface area contributed by atoms with Gasteiger partial charge in [0.1, 0.15) is 0 Å². The highest BCUT2D eigenvalue weighted by molar-refractivity contribution is 4.97. The van der Waals surface area contributed by atoms with Crippen LogP contribution in [0.3, 0.4) is 0 Å². The molecule has 0 fully saturated rings. The van der Waals surface area contributed by atoms with Crippen LogP contribution in [0.2, 0.25) is 0 Å². The third kappa shape index (κ3) is 2.53. The van der Waals surface area contributed by atoms with E-state index >= 15 is 0 Å². The Morgan fingerprint density at radius 2 is 2.50 bits per heavy atom. The van der Waals surface area contributed by atoms with Crippen LogP contribution < -0.4 is 0 Å². The number of hydrogen-bond acceptors (Lipinski definition) is 1. The Bertz CT molecular complexity index is 107. The van der Waals surface area contributed by atoms with Gasteiger partial charge in [-0.15, -0.1) is 0 Å². The summed E-state index contributed by atoms with van der Waals surface area (Å²) in [7, 11) is 0. The van der Waals surface area contributed by atoms with Gasteiger partial charge in [-0.25, -0.2) is 0 Å². The molecular weight excluding hydrogens is 124 g/mol. The summed E-state index contributed by atoms with van der Waals surface area (Å²) in [6.45, 7) is 3.12. The second-order valence-corrected chi connectivity index (χ2v) is 2.77. The minimum atomic E-state index is 0.437. The van der Waals surface area contributed by atoms with Gasteiger partial charge in [0, 0.05) is 6.61 Å². The molecule has 10 heavy (non-hydrogen) atoms. The highest BCUT2D eigenvalue weighted by Crippen LogP contribution is 2.12. The van der Waals surface area contributed by atoms with E-state index in [4.69, 9.17) is 4.74 Å². The van der Waals surface area contributed by atoms with E-state index in [-0.39, 0.29) is 0 Å². The third-order valence-corrected chi connectivity index (χ3v) is 1.80. The molecule has 0 saturated heterocycles. The number of rotatable bonds is 4. The lowest BCUT2D eigenvalue weighted by Crippen LogP contribution is -2.06. The topological polar surface area (TPSA) is 9.23 Å². The molecule has 0 aromatic heterocycles. The second-order valence-electron chi connectivity index (χ2n) is 2.77. The summed E-state index contributed by atoms with van der Waals surface area (Å²) in [5.41, 5.74) is 0. The molecule has 1 aliphatic rings. The first-order valence-electron chi connectivity index (χ1n) is 4.21. The molecule has 0 aromatic rings. The zero-order chi connectivity index (χ0) is 7.23. The van der Waals surface area contributed by atoms with Crippen LogP contribution in [0.1, 0.15) is 32.6 Å². The summed E-state index contributed by atoms with van der Waals surface area (Å²) in [6.07, 6.45) is 9.65. The molecule has 0 bridgehead atoms. The molecule has 1 aliphatic carbocycles. The number of allylic oxidation sites excluding steroid dienone is 1. The van der Waals surface area contributed by atoms with E-state index in [1.54, 1.807) is 0 Å². The van der Waals surface area contributed by atoms with Crippen molar-refractivity contribution >= 4 is 0 Å². The van der Waals surface area contributed by atoms with Crippen LogP contribution in [0.5, 0.6) is 0 Å². The van der Waals surface area contributed by atoms with Gasteiger partial charge < -0.3 is 4.74 Å². The number of hydrogen-bond donors (Lipinski definition) is 0. The van der Waals surface area contributed by atoms with Gasteiger partial charge in [0.05, 0.1) is 6.10 Å². The van der Waals surface area contributed by atoms with Gasteiger partial charge in [-0.05, 0) is 19.3 Å². The summed E-state index contributed by atoms with van der Waals surface area (Å²) in [4.78, 5) is 0. The normalized spacial score (nSPS) is 23.9. The fourth-order valence-corrected chi connectivity index (χ4v) is 1.12. The minimum absolute atomic E-state index is 0.437. The molecule has 1 atom stereocenters. The van der Waals surface area contributed by atoms with Crippen molar-refractivity contribution in [1.29, 1.82) is 0 Å². The highest BCUT2D eigenvalue weighted by atomic mass is 16.5. The minimum Gasteiger partial charge on any atom is -0.374 e. The zero-order valence-electron chi connectivity index (χ0n) is 6.68. The maximum Gasteiger partial charge on any atom is 0.0758 e. The average molecular weight is 140 g/mol. The van der Waals surface area contributed by atoms with Crippen molar-refractivity contribution in [2.24, 2.45) is 0 Å². The SMILES string of the molecule is CCCCOC1C=CCC1. The monoisotopic (exact) mass is 140 g/mol. The van der Waals surface area contributed by atoms with Crippen molar-refractivity contribution in [3.8, 4) is 0 Å². The lowest BCUT2D eigenvalue weighted by molar-refractivity contribution is 0.0830. The summed E-state index contributed by atoms with van der Waals surface area (Å²) in [5.74, 6) is 0. The van der Waals surface area contributed by atoms with Crippen molar-refractivity contribution in [2.75, 3.05) is 6.61 Å². The fraction of sp³-hybridized carbons (Fsp3) is 0.778. The standard InChI is InChI=1S/C9H16O/c1-2-3-8-10-9-6-4-5-7-9/h4,6,9H,2-3,5,7-8H2,1H3. The average Bonchev–Trinajstić information content (AvgIpc) is 2.41. The van der Waals surface area contributed by atoms with Crippen LogP contribution >= 0.6 is 0 Å². The van der Waals surface area contributed by atoms with Gasteiger partial charge in [0.15, 0.2) is 0 Å². The fourth-order valence-electron chi connectivity index (χ4n) is 1.12. The quantitative estimate of drug-likeness (QED) is 0.430. The molecule has 0 spiro atoms. The first-order chi connectivity index (χ1) is 4.93. The zero-order valence-corrected chi connectivity index (χ0v) is 6.68. The number of unbranched alkanes of at least 4 members (excludes halogenated alkanes) is 1. The Morgan fingerprint density at radius 3 is 3.10 bits per heavy atom. The first-order valence-corrected chi connectivity index (χ1v) is 4.21. The van der Waals surface area contributed by atoms with Crippen LogP contribution in [0.15, 0.2) is 12.2 Å². The molecule has 0 amide bonds. The summed E-state index contributed by atoms with van der Waals surface area (Å²) >= 11 is 0. The smallest absolute Gasteiger partial charge is 0.0758 e. The van der Waals surface area contributed by atoms with E-state index < -0.39 is 0 Å². The molecule has 1 nitrogen and oxygen atoms in total. The molecule has 0 N–H and O–H groups in total.